The first-order valence-electron chi connectivity index (χ1n) is 11.5. The fraction of sp³-hybridized carbons (Fsp3) is 0.346. The molecular formula is C26H28N4O3. The number of aromatic nitrogens is 2. The zero-order valence-corrected chi connectivity index (χ0v) is 18.8. The van der Waals surface area contributed by atoms with Crippen molar-refractivity contribution in [2.24, 2.45) is 0 Å². The molecule has 0 bridgehead atoms. The van der Waals surface area contributed by atoms with Crippen LogP contribution in [0.5, 0.6) is 5.75 Å². The van der Waals surface area contributed by atoms with E-state index in [0.717, 1.165) is 54.4 Å². The SMILES string of the molecule is COc1ccccc1C=CC(=O)N1CCN(c2ccc(-c3noc(C4CCC4)n3)cc2)CC1. The lowest BCUT2D eigenvalue weighted by Crippen LogP contribution is -2.48. The number of methoxy groups -OCH3 is 1. The van der Waals surface area contributed by atoms with E-state index in [2.05, 4.69) is 27.2 Å². The van der Waals surface area contributed by atoms with Crippen LogP contribution in [-0.4, -0.2) is 54.2 Å². The van der Waals surface area contributed by atoms with Gasteiger partial charge in [0.1, 0.15) is 5.75 Å². The highest BCUT2D eigenvalue weighted by Gasteiger charge is 2.26. The van der Waals surface area contributed by atoms with Crippen LogP contribution in [-0.2, 0) is 4.79 Å². The number of anilines is 1. The van der Waals surface area contributed by atoms with Crippen LogP contribution in [0.4, 0.5) is 5.69 Å². The Morgan fingerprint density at radius 2 is 1.82 bits per heavy atom. The van der Waals surface area contributed by atoms with Gasteiger partial charge in [-0.25, -0.2) is 0 Å². The molecule has 33 heavy (non-hydrogen) atoms. The van der Waals surface area contributed by atoms with E-state index in [0.29, 0.717) is 24.8 Å². The molecule has 0 spiro atoms. The van der Waals surface area contributed by atoms with Gasteiger partial charge in [-0.05, 0) is 49.2 Å². The van der Waals surface area contributed by atoms with Crippen LogP contribution in [0.1, 0.15) is 36.6 Å². The molecule has 0 unspecified atom stereocenters. The quantitative estimate of drug-likeness (QED) is 0.526. The first-order chi connectivity index (χ1) is 16.2. The number of amides is 1. The van der Waals surface area contributed by atoms with E-state index < -0.39 is 0 Å². The Balaban J connectivity index is 1.16. The van der Waals surface area contributed by atoms with E-state index in [1.165, 1.54) is 6.42 Å². The van der Waals surface area contributed by atoms with Gasteiger partial charge >= 0.3 is 0 Å². The Hall–Kier alpha value is -3.61. The average Bonchev–Trinajstić information content (AvgIpc) is 3.31. The summed E-state index contributed by atoms with van der Waals surface area (Å²) in [7, 11) is 1.63. The zero-order valence-electron chi connectivity index (χ0n) is 18.8. The minimum atomic E-state index is 0.0234. The molecule has 1 aromatic heterocycles. The summed E-state index contributed by atoms with van der Waals surface area (Å²) < 4.78 is 10.8. The van der Waals surface area contributed by atoms with Gasteiger partial charge in [0.2, 0.25) is 17.6 Å². The van der Waals surface area contributed by atoms with Crippen LogP contribution in [0.3, 0.4) is 0 Å². The van der Waals surface area contributed by atoms with Crippen molar-refractivity contribution in [1.29, 1.82) is 0 Å². The van der Waals surface area contributed by atoms with E-state index in [4.69, 9.17) is 9.26 Å². The normalized spacial score (nSPS) is 16.8. The highest BCUT2D eigenvalue weighted by atomic mass is 16.5. The van der Waals surface area contributed by atoms with Crippen molar-refractivity contribution in [2.45, 2.75) is 25.2 Å². The number of piperazine rings is 1. The second kappa shape index (κ2) is 9.48. The number of carbonyl (C=O) groups is 1. The van der Waals surface area contributed by atoms with Gasteiger partial charge in [-0.2, -0.15) is 4.98 Å². The summed E-state index contributed by atoms with van der Waals surface area (Å²) in [5.74, 6) is 2.64. The number of hydrogen-bond acceptors (Lipinski definition) is 6. The molecule has 2 fully saturated rings. The maximum atomic E-state index is 12.6. The number of carbonyl (C=O) groups excluding carboxylic acids is 1. The zero-order chi connectivity index (χ0) is 22.6. The minimum Gasteiger partial charge on any atom is -0.496 e. The standard InChI is InChI=1S/C26H28N4O3/c1-32-23-8-3-2-5-19(23)11-14-24(31)30-17-15-29(16-18-30)22-12-9-20(10-13-22)25-27-26(33-28-25)21-6-4-7-21/h2-3,5,8-14,21H,4,6-7,15-18H2,1H3. The van der Waals surface area contributed by atoms with Crippen LogP contribution in [0, 0.1) is 0 Å². The number of para-hydroxylation sites is 1. The highest BCUT2D eigenvalue weighted by Crippen LogP contribution is 2.36. The summed E-state index contributed by atoms with van der Waals surface area (Å²) in [4.78, 5) is 21.4. The monoisotopic (exact) mass is 444 g/mol. The molecular weight excluding hydrogens is 416 g/mol. The highest BCUT2D eigenvalue weighted by molar-refractivity contribution is 5.92. The minimum absolute atomic E-state index is 0.0234. The summed E-state index contributed by atoms with van der Waals surface area (Å²) in [5, 5.41) is 4.15. The second-order valence-corrected chi connectivity index (χ2v) is 8.52. The number of hydrogen-bond donors (Lipinski definition) is 0. The van der Waals surface area contributed by atoms with Crippen molar-refractivity contribution in [3.63, 3.8) is 0 Å². The van der Waals surface area contributed by atoms with Crippen molar-refractivity contribution >= 4 is 17.7 Å². The first kappa shape index (κ1) is 21.2. The smallest absolute Gasteiger partial charge is 0.246 e. The third-order valence-corrected chi connectivity index (χ3v) is 6.52. The lowest BCUT2D eigenvalue weighted by Gasteiger charge is -2.35. The van der Waals surface area contributed by atoms with E-state index in [-0.39, 0.29) is 5.91 Å². The predicted molar refractivity (Wildman–Crippen MR) is 127 cm³/mol. The fourth-order valence-corrected chi connectivity index (χ4v) is 4.25. The third-order valence-electron chi connectivity index (χ3n) is 6.52. The second-order valence-electron chi connectivity index (χ2n) is 8.52. The van der Waals surface area contributed by atoms with Crippen LogP contribution < -0.4 is 9.64 Å². The Labute approximate surface area is 193 Å². The molecule has 2 heterocycles. The maximum absolute atomic E-state index is 12.6. The van der Waals surface area contributed by atoms with Gasteiger partial charge in [-0.1, -0.05) is 29.8 Å². The van der Waals surface area contributed by atoms with Gasteiger partial charge in [0, 0.05) is 55.0 Å². The third kappa shape index (κ3) is 4.62. The molecule has 2 aliphatic rings. The summed E-state index contributed by atoms with van der Waals surface area (Å²) in [6.45, 7) is 2.96. The Morgan fingerprint density at radius 3 is 2.52 bits per heavy atom. The molecule has 7 nitrogen and oxygen atoms in total. The van der Waals surface area contributed by atoms with Crippen molar-refractivity contribution in [1.82, 2.24) is 15.0 Å². The topological polar surface area (TPSA) is 71.7 Å². The summed E-state index contributed by atoms with van der Waals surface area (Å²) in [5.41, 5.74) is 3.00. The van der Waals surface area contributed by atoms with E-state index in [1.54, 1.807) is 13.2 Å². The molecule has 1 aliphatic carbocycles. The van der Waals surface area contributed by atoms with E-state index in [9.17, 15) is 4.79 Å². The molecule has 0 atom stereocenters. The lowest BCUT2D eigenvalue weighted by atomic mass is 9.85. The van der Waals surface area contributed by atoms with Crippen LogP contribution in [0.15, 0.2) is 59.1 Å². The van der Waals surface area contributed by atoms with E-state index >= 15 is 0 Å². The fourth-order valence-electron chi connectivity index (χ4n) is 4.25. The number of nitrogens with zero attached hydrogens (tertiary/aromatic N) is 4. The predicted octanol–water partition coefficient (Wildman–Crippen LogP) is 4.37. The lowest BCUT2D eigenvalue weighted by molar-refractivity contribution is -0.126. The molecule has 1 aliphatic heterocycles. The van der Waals surface area contributed by atoms with Gasteiger partial charge in [-0.3, -0.25) is 4.79 Å². The molecule has 5 rings (SSSR count). The number of rotatable bonds is 6. The Morgan fingerprint density at radius 1 is 1.06 bits per heavy atom. The molecule has 7 heteroatoms. The maximum Gasteiger partial charge on any atom is 0.246 e. The van der Waals surface area contributed by atoms with Crippen LogP contribution in [0.2, 0.25) is 0 Å². The van der Waals surface area contributed by atoms with Gasteiger partial charge < -0.3 is 19.1 Å². The summed E-state index contributed by atoms with van der Waals surface area (Å²) in [6.07, 6.45) is 6.98. The van der Waals surface area contributed by atoms with E-state index in [1.807, 2.05) is 47.4 Å². The molecule has 1 saturated carbocycles. The Kier molecular flexibility index (Phi) is 6.11. The van der Waals surface area contributed by atoms with Crippen molar-refractivity contribution in [2.75, 3.05) is 38.2 Å². The first-order valence-corrected chi connectivity index (χ1v) is 11.5. The van der Waals surface area contributed by atoms with Crippen LogP contribution >= 0.6 is 0 Å². The van der Waals surface area contributed by atoms with Crippen molar-refractivity contribution < 1.29 is 14.1 Å². The van der Waals surface area contributed by atoms with Gasteiger partial charge in [0.15, 0.2) is 0 Å². The molecule has 0 radical (unpaired) electrons. The molecule has 2 aromatic carbocycles. The number of ether oxygens (including phenoxy) is 1. The molecule has 0 N–H and O–H groups in total. The largest absolute Gasteiger partial charge is 0.496 e. The Bertz CT molecular complexity index is 1130. The van der Waals surface area contributed by atoms with Crippen molar-refractivity contribution in [3.8, 4) is 17.1 Å². The average molecular weight is 445 g/mol. The van der Waals surface area contributed by atoms with Gasteiger partial charge in [-0.15, -0.1) is 0 Å². The molecule has 1 amide bonds. The van der Waals surface area contributed by atoms with Gasteiger partial charge in [0.25, 0.3) is 0 Å². The molecule has 1 saturated heterocycles. The summed E-state index contributed by atoms with van der Waals surface area (Å²) in [6, 6.07) is 15.9. The molecule has 170 valence electrons. The van der Waals surface area contributed by atoms with Gasteiger partial charge in [0.05, 0.1) is 7.11 Å². The molecule has 3 aromatic rings. The number of benzene rings is 2. The van der Waals surface area contributed by atoms with Crippen LogP contribution in [0.25, 0.3) is 17.5 Å². The summed E-state index contributed by atoms with van der Waals surface area (Å²) >= 11 is 0. The van der Waals surface area contributed by atoms with Crippen molar-refractivity contribution in [3.05, 3.63) is 66.1 Å².